The molecule has 0 bridgehead atoms. The first-order valence-corrected chi connectivity index (χ1v) is 0. The molecule has 0 heterocycles. The summed E-state index contributed by atoms with van der Waals surface area (Å²) in [6.45, 7) is 0. The van der Waals surface area contributed by atoms with Gasteiger partial charge in [0.05, 0.1) is 0 Å². The van der Waals surface area contributed by atoms with Gasteiger partial charge in [0, 0.05) is 219 Å². The van der Waals surface area contributed by atoms with Gasteiger partial charge in [0.25, 0.3) is 0 Å². The Kier molecular flexibility index (Phi) is 360. The van der Waals surface area contributed by atoms with Crippen molar-refractivity contribution in [3.8, 4) is 0 Å². The second-order valence-corrected chi connectivity index (χ2v) is 0. The van der Waals surface area contributed by atoms with E-state index in [0.29, 0.717) is 0 Å². The van der Waals surface area contributed by atoms with Gasteiger partial charge in [0.1, 0.15) is 0 Å². The van der Waals surface area contributed by atoms with Crippen LogP contribution in [0.2, 0.25) is 0 Å². The van der Waals surface area contributed by atoms with Gasteiger partial charge in [-0.3, -0.25) is 0 Å². The van der Waals surface area contributed by atoms with Gasteiger partial charge in [-0.25, -0.2) is 0 Å². The maximum Gasteiger partial charge on any atom is 0 e. The Labute approximate surface area is 212 Å². The van der Waals surface area contributed by atoms with Gasteiger partial charge < -0.3 is 0 Å². The van der Waals surface area contributed by atoms with Crippen molar-refractivity contribution in [1.29, 1.82) is 0 Å². The standard InChI is InChI=1S/Bi.Ce.Co.Fe.K.Li.Mn.Na. The molecule has 8 heteroatoms. The fraction of sp³-hybridized carbons (Fsp3) is 0. The van der Waals surface area contributed by atoms with Crippen LogP contribution in [0.5, 0.6) is 0 Å². The number of hydrogen-bond acceptors (Lipinski definition) is 0. The van der Waals surface area contributed by atoms with Crippen molar-refractivity contribution in [3.05, 3.63) is 0 Å². The maximum absolute atomic E-state index is 0. The molecule has 8 radical (unpaired) electrons. The zero-order valence-electron chi connectivity index (χ0n) is 5.01. The van der Waals surface area contributed by atoms with Crippen molar-refractivity contribution in [2.75, 3.05) is 0 Å². The SMILES string of the molecule is [Bi].[Ce].[Co].[Fe].[K].[Li].[Mn].[Na]. The molecule has 8 heavy (non-hydrogen) atoms. The topological polar surface area (TPSA) is 0 Å². The van der Waals surface area contributed by atoms with Crippen molar-refractivity contribution >= 4 is 126 Å². The summed E-state index contributed by atoms with van der Waals surface area (Å²) in [4.78, 5) is 0. The van der Waals surface area contributed by atoms with E-state index in [2.05, 4.69) is 0 Å². The molecule has 0 rings (SSSR count). The Morgan fingerprint density at radius 1 is 1.00 bits per heavy atom. The van der Waals surface area contributed by atoms with E-state index >= 15 is 0 Å². The summed E-state index contributed by atoms with van der Waals surface area (Å²) in [6, 6.07) is 0. The van der Waals surface area contributed by atoms with E-state index in [1.165, 1.54) is 0 Å². The average Bonchev–Trinajstić information content (AvgIpc) is 0. The Morgan fingerprint density at radius 3 is 1.00 bits per heavy atom. The maximum atomic E-state index is 0. The summed E-state index contributed by atoms with van der Waals surface area (Å²) in [7, 11) is 0. The molecule has 0 unspecified atom stereocenters. The minimum atomic E-state index is 0. The third-order valence-electron chi connectivity index (χ3n) is 0. The van der Waals surface area contributed by atoms with E-state index in [9.17, 15) is 0 Å². The van der Waals surface area contributed by atoms with Crippen LogP contribution in [0.15, 0.2) is 0 Å². The quantitative estimate of drug-likeness (QED) is 0.302. The van der Waals surface area contributed by atoms with E-state index in [1.807, 2.05) is 0 Å². The molecule has 0 N–H and O–H groups in total. The Morgan fingerprint density at radius 2 is 1.00 bits per heavy atom. The normalized spacial score (nSPS) is 0. The minimum absolute atomic E-state index is 0. The molecule has 0 aromatic carbocycles. The van der Waals surface area contributed by atoms with Crippen LogP contribution in [-0.4, -0.2) is 126 Å². The van der Waals surface area contributed by atoms with Gasteiger partial charge >= 0.3 is 0 Å². The largest absolute Gasteiger partial charge is 0 e. The van der Waals surface area contributed by atoms with E-state index in [4.69, 9.17) is 0 Å². The van der Waals surface area contributed by atoms with E-state index in [-0.39, 0.29) is 219 Å². The van der Waals surface area contributed by atoms with Gasteiger partial charge in [-0.05, 0) is 0 Å². The molecule has 0 aromatic rings. The molecule has 0 aliphatic heterocycles. The molecular formula is BiCeCoFeKLiMnNa. The van der Waals surface area contributed by atoms with Gasteiger partial charge in [0.2, 0.25) is 0 Å². The smallest absolute Gasteiger partial charge is 0 e. The van der Waals surface area contributed by atoms with Crippen LogP contribution in [-0.2, 0) is 50.9 Å². The second kappa shape index (κ2) is 48.2. The Hall–Kier alpha value is 7.04. The summed E-state index contributed by atoms with van der Waals surface area (Å²) in [5.41, 5.74) is 0. The third kappa shape index (κ3) is 38.1. The predicted molar refractivity (Wildman–Crippen MR) is 23.0 cm³/mol. The van der Waals surface area contributed by atoms with Crippen LogP contribution >= 0.6 is 0 Å². The summed E-state index contributed by atoms with van der Waals surface area (Å²) < 4.78 is 0. The summed E-state index contributed by atoms with van der Waals surface area (Å²) >= 11 is 0. The molecule has 0 aliphatic carbocycles. The number of hydrogen-bond donors (Lipinski definition) is 0. The first-order chi connectivity index (χ1) is 0. The van der Waals surface area contributed by atoms with Crippen molar-refractivity contribution < 1.29 is 92.7 Å². The monoisotopic (exact) mass is 588 g/mol. The molecule has 0 nitrogen and oxygen atoms in total. The van der Waals surface area contributed by atoms with Gasteiger partial charge in [-0.2, -0.15) is 0 Å². The molecule has 0 atom stereocenters. The molecule has 0 spiro atoms. The van der Waals surface area contributed by atoms with Crippen LogP contribution in [0.1, 0.15) is 0 Å². The zero-order valence-corrected chi connectivity index (χ0v) is 20.1. The zero-order chi connectivity index (χ0) is 0. The van der Waals surface area contributed by atoms with Crippen LogP contribution < -0.4 is 0 Å². The van der Waals surface area contributed by atoms with Crippen LogP contribution in [0.25, 0.3) is 0 Å². The first-order valence-electron chi connectivity index (χ1n) is 0. The van der Waals surface area contributed by atoms with Gasteiger partial charge in [-0.1, -0.05) is 0 Å². The average molecular weight is 588 g/mol. The molecule has 36 valence electrons. The molecule has 0 aliphatic rings. The van der Waals surface area contributed by atoms with Crippen molar-refractivity contribution in [2.45, 2.75) is 0 Å². The molecule has 0 saturated carbocycles. The van der Waals surface area contributed by atoms with Crippen LogP contribution in [0, 0.1) is 41.7 Å². The van der Waals surface area contributed by atoms with E-state index < -0.39 is 0 Å². The molecule has 0 aromatic heterocycles. The summed E-state index contributed by atoms with van der Waals surface area (Å²) in [6.07, 6.45) is 0. The number of rotatable bonds is 0. The Bertz CT molecular complexity index is 24.0. The summed E-state index contributed by atoms with van der Waals surface area (Å²) in [5.74, 6) is 0. The fourth-order valence-corrected chi connectivity index (χ4v) is 0. The van der Waals surface area contributed by atoms with Gasteiger partial charge in [-0.15, -0.1) is 0 Å². The van der Waals surface area contributed by atoms with Crippen molar-refractivity contribution in [2.24, 2.45) is 0 Å². The molecular weight excluding hydrogens is 588 g/mol. The van der Waals surface area contributed by atoms with Crippen molar-refractivity contribution in [1.82, 2.24) is 0 Å². The second-order valence-electron chi connectivity index (χ2n) is 0. The van der Waals surface area contributed by atoms with E-state index in [0.717, 1.165) is 0 Å². The van der Waals surface area contributed by atoms with Crippen molar-refractivity contribution in [3.63, 3.8) is 0 Å². The fourth-order valence-electron chi connectivity index (χ4n) is 0. The van der Waals surface area contributed by atoms with E-state index in [1.54, 1.807) is 0 Å². The van der Waals surface area contributed by atoms with Crippen LogP contribution in [0.3, 0.4) is 0 Å². The third-order valence-corrected chi connectivity index (χ3v) is 0. The van der Waals surface area contributed by atoms with Gasteiger partial charge in [0.15, 0.2) is 0 Å². The summed E-state index contributed by atoms with van der Waals surface area (Å²) in [5, 5.41) is 0. The molecule has 0 amide bonds. The van der Waals surface area contributed by atoms with Crippen LogP contribution in [0.4, 0.5) is 0 Å². The molecule has 0 fully saturated rings. The predicted octanol–water partition coefficient (Wildman–Crippen LogP) is -1.53. The Balaban J connectivity index is 0. The molecule has 0 saturated heterocycles. The first kappa shape index (κ1) is 59.8. The minimum Gasteiger partial charge on any atom is 0 e.